The quantitative estimate of drug-likeness (QED) is 0.762. The molecule has 2 aromatic rings. The van der Waals surface area contributed by atoms with Gasteiger partial charge in [0, 0.05) is 30.2 Å². The summed E-state index contributed by atoms with van der Waals surface area (Å²) >= 11 is 3.35. The summed E-state index contributed by atoms with van der Waals surface area (Å²) in [4.78, 5) is 37.5. The molecule has 0 aliphatic rings. The number of Topliss-reactive ketones (excluding diaryl/α,β-unsaturated/α-hetero) is 1. The van der Waals surface area contributed by atoms with E-state index in [1.165, 1.54) is 32.0 Å². The Morgan fingerprint density at radius 1 is 1.13 bits per heavy atom. The largest absolute Gasteiger partial charge is 0.347 e. The maximum atomic E-state index is 12.2. The minimum atomic E-state index is -1.26. The highest BCUT2D eigenvalue weighted by molar-refractivity contribution is 9.10. The molecule has 0 bridgehead atoms. The van der Waals surface area contributed by atoms with Gasteiger partial charge in [0.15, 0.2) is 11.8 Å². The molecule has 0 N–H and O–H groups in total. The number of nitrogens with zero attached hydrogens (tertiary/aromatic N) is 3. The summed E-state index contributed by atoms with van der Waals surface area (Å²) in [5.74, 6) is -0.925. The highest BCUT2D eigenvalue weighted by atomic mass is 79.9. The fourth-order valence-corrected chi connectivity index (χ4v) is 2.34. The smallest absolute Gasteiger partial charge is 0.267 e. The summed E-state index contributed by atoms with van der Waals surface area (Å²) < 4.78 is 1.86. The van der Waals surface area contributed by atoms with Crippen LogP contribution < -0.4 is 5.56 Å². The molecule has 2 rings (SSSR count). The lowest BCUT2D eigenvalue weighted by molar-refractivity contribution is -0.138. The van der Waals surface area contributed by atoms with Crippen molar-refractivity contribution in [3.8, 4) is 11.3 Å². The van der Waals surface area contributed by atoms with Crippen LogP contribution in [0.1, 0.15) is 13.0 Å². The van der Waals surface area contributed by atoms with Gasteiger partial charge < -0.3 is 4.90 Å². The molecule has 0 aliphatic heterocycles. The monoisotopic (exact) mass is 377 g/mol. The number of aromatic nitrogens is 2. The third-order valence-corrected chi connectivity index (χ3v) is 3.80. The van der Waals surface area contributed by atoms with E-state index in [9.17, 15) is 14.4 Å². The molecule has 120 valence electrons. The van der Waals surface area contributed by atoms with Crippen LogP contribution in [0.5, 0.6) is 0 Å². The van der Waals surface area contributed by atoms with Gasteiger partial charge in [0.25, 0.3) is 11.5 Å². The highest BCUT2D eigenvalue weighted by Gasteiger charge is 2.29. The molecule has 1 aromatic heterocycles. The summed E-state index contributed by atoms with van der Waals surface area (Å²) in [5, 5.41) is 4.22. The van der Waals surface area contributed by atoms with Crippen molar-refractivity contribution in [3.63, 3.8) is 0 Å². The Morgan fingerprint density at radius 3 is 2.26 bits per heavy atom. The molecule has 0 fully saturated rings. The van der Waals surface area contributed by atoms with Crippen LogP contribution in [0.15, 0.2) is 45.7 Å². The van der Waals surface area contributed by atoms with Gasteiger partial charge in [-0.05, 0) is 25.1 Å². The van der Waals surface area contributed by atoms with Crippen molar-refractivity contribution in [1.29, 1.82) is 0 Å². The van der Waals surface area contributed by atoms with Crippen molar-refractivity contribution >= 4 is 27.6 Å². The predicted octanol–water partition coefficient (Wildman–Crippen LogP) is 1.89. The molecule has 0 saturated heterocycles. The Kier molecular flexibility index (Phi) is 5.10. The molecule has 1 amide bonds. The van der Waals surface area contributed by atoms with Gasteiger partial charge in [-0.15, -0.1) is 0 Å². The van der Waals surface area contributed by atoms with Crippen molar-refractivity contribution in [2.75, 3.05) is 14.1 Å². The summed E-state index contributed by atoms with van der Waals surface area (Å²) in [6.07, 6.45) is 0. The number of likely N-dealkylation sites (N-methyl/N-ethyl adjacent to an activating group) is 1. The number of carbonyl (C=O) groups is 2. The number of carbonyl (C=O) groups excluding carboxylic acids is 2. The molecule has 1 unspecified atom stereocenters. The number of ketones is 1. The zero-order valence-electron chi connectivity index (χ0n) is 13.0. The van der Waals surface area contributed by atoms with Crippen LogP contribution in [0.2, 0.25) is 0 Å². The van der Waals surface area contributed by atoms with Crippen LogP contribution in [0.3, 0.4) is 0 Å². The first kappa shape index (κ1) is 17.1. The SMILES string of the molecule is CC(=O)C(C(=O)N(C)C)n1nc(-c2ccc(Br)cc2)ccc1=O. The fourth-order valence-electron chi connectivity index (χ4n) is 2.08. The van der Waals surface area contributed by atoms with Crippen molar-refractivity contribution in [1.82, 2.24) is 14.7 Å². The summed E-state index contributed by atoms with van der Waals surface area (Å²) in [5.41, 5.74) is 0.790. The number of hydrogen-bond donors (Lipinski definition) is 0. The highest BCUT2D eigenvalue weighted by Crippen LogP contribution is 2.19. The Bertz CT molecular complexity index is 797. The molecular weight excluding hydrogens is 362 g/mol. The summed E-state index contributed by atoms with van der Waals surface area (Å²) in [7, 11) is 3.06. The molecular formula is C16H16BrN3O3. The van der Waals surface area contributed by atoms with E-state index in [0.717, 1.165) is 14.7 Å². The van der Waals surface area contributed by atoms with E-state index in [-0.39, 0.29) is 0 Å². The van der Waals surface area contributed by atoms with E-state index in [4.69, 9.17) is 0 Å². The maximum Gasteiger partial charge on any atom is 0.267 e. The first-order chi connectivity index (χ1) is 10.8. The molecule has 1 aromatic carbocycles. The van der Waals surface area contributed by atoms with Gasteiger partial charge in [-0.1, -0.05) is 28.1 Å². The van der Waals surface area contributed by atoms with Gasteiger partial charge in [0.1, 0.15) is 0 Å². The molecule has 1 heterocycles. The summed E-state index contributed by atoms with van der Waals surface area (Å²) in [6.45, 7) is 1.27. The molecule has 7 heteroatoms. The van der Waals surface area contributed by atoms with Crippen LogP contribution in [0.25, 0.3) is 11.3 Å². The zero-order valence-corrected chi connectivity index (χ0v) is 14.6. The second-order valence-electron chi connectivity index (χ2n) is 5.25. The van der Waals surface area contributed by atoms with E-state index < -0.39 is 23.3 Å². The lowest BCUT2D eigenvalue weighted by atomic mass is 10.1. The Balaban J connectivity index is 2.55. The average molecular weight is 378 g/mol. The van der Waals surface area contributed by atoms with Gasteiger partial charge in [0.2, 0.25) is 0 Å². The van der Waals surface area contributed by atoms with Gasteiger partial charge in [-0.25, -0.2) is 4.68 Å². The number of benzene rings is 1. The van der Waals surface area contributed by atoms with E-state index >= 15 is 0 Å². The van der Waals surface area contributed by atoms with Crippen molar-refractivity contribution in [3.05, 3.63) is 51.2 Å². The number of amides is 1. The minimum Gasteiger partial charge on any atom is -0.347 e. The number of rotatable bonds is 4. The Morgan fingerprint density at radius 2 is 1.74 bits per heavy atom. The number of hydrogen-bond acceptors (Lipinski definition) is 4. The summed E-state index contributed by atoms with van der Waals surface area (Å²) in [6, 6.07) is 8.98. The number of halogens is 1. The van der Waals surface area contributed by atoms with Crippen LogP contribution in [0.4, 0.5) is 0 Å². The van der Waals surface area contributed by atoms with E-state index in [1.54, 1.807) is 6.07 Å². The van der Waals surface area contributed by atoms with Crippen molar-refractivity contribution < 1.29 is 9.59 Å². The van der Waals surface area contributed by atoms with Gasteiger partial charge in [-0.2, -0.15) is 5.10 Å². The standard InChI is InChI=1S/C16H16BrN3O3/c1-10(21)15(16(23)19(2)3)20-14(22)9-8-13(18-20)11-4-6-12(17)7-5-11/h4-9,15H,1-3H3. The Hall–Kier alpha value is -2.28. The van der Waals surface area contributed by atoms with Crippen molar-refractivity contribution in [2.45, 2.75) is 13.0 Å². The molecule has 0 aliphatic carbocycles. The van der Waals surface area contributed by atoms with Gasteiger partial charge >= 0.3 is 0 Å². The van der Waals surface area contributed by atoms with E-state index in [0.29, 0.717) is 5.69 Å². The van der Waals surface area contributed by atoms with Crippen LogP contribution in [-0.2, 0) is 9.59 Å². The first-order valence-electron chi connectivity index (χ1n) is 6.88. The normalized spacial score (nSPS) is 11.8. The van der Waals surface area contributed by atoms with Crippen LogP contribution in [-0.4, -0.2) is 40.5 Å². The lowest BCUT2D eigenvalue weighted by Crippen LogP contribution is -2.41. The van der Waals surface area contributed by atoms with Crippen LogP contribution >= 0.6 is 15.9 Å². The molecule has 1 atom stereocenters. The van der Waals surface area contributed by atoms with E-state index in [2.05, 4.69) is 21.0 Å². The lowest BCUT2D eigenvalue weighted by Gasteiger charge is -2.19. The van der Waals surface area contributed by atoms with Gasteiger partial charge in [-0.3, -0.25) is 14.4 Å². The molecule has 6 nitrogen and oxygen atoms in total. The molecule has 0 spiro atoms. The molecule has 23 heavy (non-hydrogen) atoms. The predicted molar refractivity (Wildman–Crippen MR) is 90.0 cm³/mol. The zero-order chi connectivity index (χ0) is 17.1. The molecule has 0 saturated carbocycles. The third kappa shape index (κ3) is 3.73. The minimum absolute atomic E-state index is 0.439. The Labute approximate surface area is 141 Å². The van der Waals surface area contributed by atoms with Crippen LogP contribution in [0, 0.1) is 0 Å². The molecule has 0 radical (unpaired) electrons. The average Bonchev–Trinajstić information content (AvgIpc) is 2.49. The maximum absolute atomic E-state index is 12.2. The van der Waals surface area contributed by atoms with E-state index in [1.807, 2.05) is 24.3 Å². The fraction of sp³-hybridized carbons (Fsp3) is 0.250. The topological polar surface area (TPSA) is 72.3 Å². The first-order valence-corrected chi connectivity index (χ1v) is 7.68. The third-order valence-electron chi connectivity index (χ3n) is 3.27. The second kappa shape index (κ2) is 6.87. The van der Waals surface area contributed by atoms with Gasteiger partial charge in [0.05, 0.1) is 5.69 Å². The second-order valence-corrected chi connectivity index (χ2v) is 6.17. The van der Waals surface area contributed by atoms with Crippen molar-refractivity contribution in [2.24, 2.45) is 0 Å².